The van der Waals surface area contributed by atoms with Crippen LogP contribution in [-0.2, 0) is 0 Å². The lowest BCUT2D eigenvalue weighted by molar-refractivity contribution is 0.0474. The number of benzene rings is 1. The Morgan fingerprint density at radius 1 is 1.53 bits per heavy atom. The number of nitrogens with two attached hydrogens (primary N) is 1. The molecule has 4 nitrogen and oxygen atoms in total. The van der Waals surface area contributed by atoms with Crippen molar-refractivity contribution < 1.29 is 14.3 Å². The highest BCUT2D eigenvalue weighted by Gasteiger charge is 2.28. The van der Waals surface area contributed by atoms with Gasteiger partial charge in [0.05, 0.1) is 17.7 Å². The molecule has 0 aliphatic carbocycles. The summed E-state index contributed by atoms with van der Waals surface area (Å²) in [7, 11) is 1.54. The van der Waals surface area contributed by atoms with Crippen LogP contribution in [-0.4, -0.2) is 35.1 Å². The number of anilines is 1. The summed E-state index contributed by atoms with van der Waals surface area (Å²) in [5.41, 5.74) is 5.23. The molecule has 5 heteroatoms. The molecule has 0 spiro atoms. The molecule has 0 heterocycles. The van der Waals surface area contributed by atoms with Crippen LogP contribution >= 0.6 is 0 Å². The molecule has 1 amide bonds. The zero-order valence-corrected chi connectivity index (χ0v) is 10.2. The lowest BCUT2D eigenvalue weighted by Gasteiger charge is -2.34. The Morgan fingerprint density at radius 2 is 2.12 bits per heavy atom. The number of nitrogens with zero attached hydrogens (tertiary/aromatic N) is 1. The highest BCUT2D eigenvalue weighted by Crippen LogP contribution is 2.20. The van der Waals surface area contributed by atoms with Gasteiger partial charge in [-0.1, -0.05) is 0 Å². The molecule has 0 radical (unpaired) electrons. The third kappa shape index (κ3) is 2.74. The van der Waals surface area contributed by atoms with Gasteiger partial charge in [-0.25, -0.2) is 4.39 Å². The van der Waals surface area contributed by atoms with E-state index in [0.29, 0.717) is 0 Å². The van der Waals surface area contributed by atoms with E-state index >= 15 is 0 Å². The van der Waals surface area contributed by atoms with Crippen LogP contribution in [0.15, 0.2) is 18.2 Å². The normalized spacial score (nSPS) is 11.4. The minimum atomic E-state index is -0.726. The number of carbonyl (C=O) groups is 1. The Morgan fingerprint density at radius 3 is 2.65 bits per heavy atom. The van der Waals surface area contributed by atoms with Crippen molar-refractivity contribution >= 4 is 11.6 Å². The molecule has 0 saturated carbocycles. The first-order valence-corrected chi connectivity index (χ1v) is 5.23. The molecule has 0 aromatic heterocycles. The fraction of sp³-hybridized carbons (Fsp3) is 0.417. The number of hydrogen-bond donors (Lipinski definition) is 2. The van der Waals surface area contributed by atoms with Gasteiger partial charge in [-0.05, 0) is 32.0 Å². The third-order valence-corrected chi connectivity index (χ3v) is 2.85. The number of aliphatic hydroxyl groups is 1. The first-order chi connectivity index (χ1) is 7.79. The zero-order valence-electron chi connectivity index (χ0n) is 10.2. The van der Waals surface area contributed by atoms with Crippen LogP contribution in [0.5, 0.6) is 0 Å². The van der Waals surface area contributed by atoms with E-state index in [9.17, 15) is 14.3 Å². The number of aliphatic hydroxyl groups excluding tert-OH is 1. The zero-order chi connectivity index (χ0) is 13.2. The average Bonchev–Trinajstić information content (AvgIpc) is 2.30. The maximum absolute atomic E-state index is 13.1. The smallest absolute Gasteiger partial charge is 0.256 e. The van der Waals surface area contributed by atoms with Crippen molar-refractivity contribution in [2.24, 2.45) is 0 Å². The highest BCUT2D eigenvalue weighted by atomic mass is 19.1. The summed E-state index contributed by atoms with van der Waals surface area (Å²) < 4.78 is 13.1. The number of likely N-dealkylation sites (N-methyl/N-ethyl adjacent to an activating group) is 1. The number of rotatable bonds is 3. The quantitative estimate of drug-likeness (QED) is 0.781. The van der Waals surface area contributed by atoms with Crippen molar-refractivity contribution in [3.8, 4) is 0 Å². The average molecular weight is 240 g/mol. The second-order valence-electron chi connectivity index (χ2n) is 4.57. The SMILES string of the molecule is CN(C(=O)c1cc(F)ccc1N)C(C)(C)CO. The van der Waals surface area contributed by atoms with Crippen molar-refractivity contribution in [3.63, 3.8) is 0 Å². The van der Waals surface area contributed by atoms with E-state index in [1.54, 1.807) is 20.9 Å². The first-order valence-electron chi connectivity index (χ1n) is 5.23. The van der Waals surface area contributed by atoms with Crippen LogP contribution in [0.25, 0.3) is 0 Å². The Kier molecular flexibility index (Phi) is 3.72. The number of nitrogen functional groups attached to an aromatic ring is 1. The van der Waals surface area contributed by atoms with E-state index in [4.69, 9.17) is 5.73 Å². The van der Waals surface area contributed by atoms with Gasteiger partial charge in [0.2, 0.25) is 0 Å². The molecule has 0 bridgehead atoms. The lowest BCUT2D eigenvalue weighted by atomic mass is 10.0. The molecule has 1 aromatic carbocycles. The topological polar surface area (TPSA) is 66.6 Å². The van der Waals surface area contributed by atoms with E-state index in [1.165, 1.54) is 17.0 Å². The van der Waals surface area contributed by atoms with E-state index < -0.39 is 17.3 Å². The van der Waals surface area contributed by atoms with Gasteiger partial charge in [0.15, 0.2) is 0 Å². The Balaban J connectivity index is 3.08. The molecular formula is C12H17FN2O2. The van der Waals surface area contributed by atoms with Crippen LogP contribution in [0, 0.1) is 5.82 Å². The Bertz CT molecular complexity index is 433. The van der Waals surface area contributed by atoms with E-state index in [0.717, 1.165) is 6.07 Å². The van der Waals surface area contributed by atoms with Gasteiger partial charge >= 0.3 is 0 Å². The Hall–Kier alpha value is -1.62. The van der Waals surface area contributed by atoms with E-state index in [1.807, 2.05) is 0 Å². The van der Waals surface area contributed by atoms with Crippen molar-refractivity contribution in [2.75, 3.05) is 19.4 Å². The second kappa shape index (κ2) is 4.71. The summed E-state index contributed by atoms with van der Waals surface area (Å²) in [4.78, 5) is 13.4. The predicted octanol–water partition coefficient (Wildman–Crippen LogP) is 1.25. The summed E-state index contributed by atoms with van der Waals surface area (Å²) in [6.07, 6.45) is 0. The van der Waals surface area contributed by atoms with Gasteiger partial charge in [-0.2, -0.15) is 0 Å². The van der Waals surface area contributed by atoms with Gasteiger partial charge in [-0.3, -0.25) is 4.79 Å². The molecular weight excluding hydrogens is 223 g/mol. The van der Waals surface area contributed by atoms with Gasteiger partial charge in [0.1, 0.15) is 5.82 Å². The summed E-state index contributed by atoms with van der Waals surface area (Å²) >= 11 is 0. The molecule has 1 aromatic rings. The fourth-order valence-electron chi connectivity index (χ4n) is 1.28. The van der Waals surface area contributed by atoms with Crippen LogP contribution in [0.2, 0.25) is 0 Å². The molecule has 0 aliphatic heterocycles. The first kappa shape index (κ1) is 13.4. The highest BCUT2D eigenvalue weighted by molar-refractivity contribution is 5.99. The minimum absolute atomic E-state index is 0.106. The minimum Gasteiger partial charge on any atom is -0.398 e. The van der Waals surface area contributed by atoms with Crippen molar-refractivity contribution in [2.45, 2.75) is 19.4 Å². The van der Waals surface area contributed by atoms with Gasteiger partial charge < -0.3 is 15.7 Å². The van der Waals surface area contributed by atoms with Crippen LogP contribution in [0.4, 0.5) is 10.1 Å². The predicted molar refractivity (Wildman–Crippen MR) is 64.1 cm³/mol. The number of carbonyl (C=O) groups excluding carboxylic acids is 1. The van der Waals surface area contributed by atoms with Gasteiger partial charge in [0.25, 0.3) is 5.91 Å². The van der Waals surface area contributed by atoms with Crippen molar-refractivity contribution in [1.82, 2.24) is 4.90 Å². The molecule has 3 N–H and O–H groups in total. The summed E-state index contributed by atoms with van der Waals surface area (Å²) in [5, 5.41) is 9.18. The van der Waals surface area contributed by atoms with Crippen molar-refractivity contribution in [3.05, 3.63) is 29.6 Å². The maximum Gasteiger partial charge on any atom is 0.256 e. The summed E-state index contributed by atoms with van der Waals surface area (Å²) in [6.45, 7) is 3.23. The molecule has 0 aliphatic rings. The molecule has 0 saturated heterocycles. The molecule has 17 heavy (non-hydrogen) atoms. The summed E-state index contributed by atoms with van der Waals surface area (Å²) in [6, 6.07) is 3.65. The maximum atomic E-state index is 13.1. The second-order valence-corrected chi connectivity index (χ2v) is 4.57. The van der Waals surface area contributed by atoms with Crippen LogP contribution in [0.3, 0.4) is 0 Å². The number of halogens is 1. The fourth-order valence-corrected chi connectivity index (χ4v) is 1.28. The lowest BCUT2D eigenvalue weighted by Crippen LogP contribution is -2.47. The molecule has 1 rings (SSSR count). The monoisotopic (exact) mass is 240 g/mol. The molecule has 0 atom stereocenters. The summed E-state index contributed by atoms with van der Waals surface area (Å²) in [5.74, 6) is -0.932. The van der Waals surface area contributed by atoms with E-state index in [2.05, 4.69) is 0 Å². The Labute approximate surface area is 99.8 Å². The van der Waals surface area contributed by atoms with Crippen LogP contribution in [0.1, 0.15) is 24.2 Å². The largest absolute Gasteiger partial charge is 0.398 e. The van der Waals surface area contributed by atoms with Gasteiger partial charge in [0, 0.05) is 12.7 Å². The van der Waals surface area contributed by atoms with Crippen molar-refractivity contribution in [1.29, 1.82) is 0 Å². The van der Waals surface area contributed by atoms with Crippen LogP contribution < -0.4 is 5.73 Å². The molecule has 0 fully saturated rings. The standard InChI is InChI=1S/C12H17FN2O2/c1-12(2,7-16)15(3)11(17)9-6-8(13)4-5-10(9)14/h4-6,16H,7,14H2,1-3H3. The number of hydrogen-bond acceptors (Lipinski definition) is 3. The number of amides is 1. The van der Waals surface area contributed by atoms with Gasteiger partial charge in [-0.15, -0.1) is 0 Å². The van der Waals surface area contributed by atoms with E-state index in [-0.39, 0.29) is 17.9 Å². The third-order valence-electron chi connectivity index (χ3n) is 2.85. The molecule has 0 unspecified atom stereocenters. The molecule has 94 valence electrons.